The summed E-state index contributed by atoms with van der Waals surface area (Å²) in [6, 6.07) is 6.43. The molecule has 0 spiro atoms. The Hall–Kier alpha value is -1.56. The minimum Gasteiger partial charge on any atom is -0.354 e. The highest BCUT2D eigenvalue weighted by Crippen LogP contribution is 2.23. The summed E-state index contributed by atoms with van der Waals surface area (Å²) in [6.45, 7) is 8.47. The van der Waals surface area contributed by atoms with Crippen molar-refractivity contribution >= 4 is 21.6 Å². The zero-order valence-corrected chi connectivity index (χ0v) is 15.5. The van der Waals surface area contributed by atoms with Gasteiger partial charge in [-0.15, -0.1) is 0 Å². The van der Waals surface area contributed by atoms with Crippen LogP contribution in [-0.4, -0.2) is 33.2 Å². The highest BCUT2D eigenvalue weighted by Gasteiger charge is 2.31. The zero-order valence-electron chi connectivity index (χ0n) is 14.7. The molecule has 0 saturated heterocycles. The number of nitrogens with zero attached hydrogens (tertiary/aromatic N) is 1. The molecule has 0 bridgehead atoms. The number of carbonyl (C=O) groups excluding carboxylic acids is 1. The van der Waals surface area contributed by atoms with Crippen LogP contribution in [0.5, 0.6) is 0 Å². The molecule has 0 radical (unpaired) electrons. The topological polar surface area (TPSA) is 66.5 Å². The molecule has 5 nitrogen and oxygen atoms in total. The van der Waals surface area contributed by atoms with Crippen LogP contribution in [0.15, 0.2) is 24.3 Å². The molecule has 130 valence electrons. The second kappa shape index (κ2) is 8.34. The van der Waals surface area contributed by atoms with Crippen molar-refractivity contribution in [2.75, 3.05) is 17.1 Å². The Morgan fingerprint density at radius 1 is 1.22 bits per heavy atom. The highest BCUT2D eigenvalue weighted by molar-refractivity contribution is 7.92. The Kier molecular flexibility index (Phi) is 7.06. The van der Waals surface area contributed by atoms with Crippen LogP contribution < -0.4 is 9.62 Å². The van der Waals surface area contributed by atoms with Crippen molar-refractivity contribution in [3.63, 3.8) is 0 Å². The van der Waals surface area contributed by atoms with E-state index < -0.39 is 16.1 Å². The van der Waals surface area contributed by atoms with Crippen molar-refractivity contribution in [1.82, 2.24) is 5.32 Å². The van der Waals surface area contributed by atoms with E-state index in [4.69, 9.17) is 0 Å². The molecule has 0 fully saturated rings. The van der Waals surface area contributed by atoms with Crippen LogP contribution >= 0.6 is 0 Å². The van der Waals surface area contributed by atoms with Gasteiger partial charge < -0.3 is 5.32 Å². The lowest BCUT2D eigenvalue weighted by Gasteiger charge is -2.30. The second-order valence-electron chi connectivity index (χ2n) is 6.29. The molecule has 6 heteroatoms. The van der Waals surface area contributed by atoms with Crippen LogP contribution in [0, 0.1) is 12.8 Å². The molecule has 1 atom stereocenters. The van der Waals surface area contributed by atoms with Gasteiger partial charge >= 0.3 is 0 Å². The average Bonchev–Trinajstić information content (AvgIpc) is 2.44. The van der Waals surface area contributed by atoms with Gasteiger partial charge in [-0.1, -0.05) is 38.5 Å². The SMILES string of the molecule is CCC(C(=O)NCCC(C)C)N(c1ccc(C)cc1)S(C)(=O)=O. The van der Waals surface area contributed by atoms with Gasteiger partial charge in [0.2, 0.25) is 15.9 Å². The molecule has 0 aliphatic heterocycles. The van der Waals surface area contributed by atoms with E-state index in [9.17, 15) is 13.2 Å². The molecule has 1 N–H and O–H groups in total. The minimum atomic E-state index is -3.56. The molecular weight excluding hydrogens is 312 g/mol. The van der Waals surface area contributed by atoms with Crippen LogP contribution in [0.25, 0.3) is 0 Å². The first kappa shape index (κ1) is 19.5. The van der Waals surface area contributed by atoms with Gasteiger partial charge in [-0.25, -0.2) is 8.42 Å². The molecule has 0 aliphatic rings. The Morgan fingerprint density at radius 3 is 2.22 bits per heavy atom. The predicted octanol–water partition coefficient (Wildman–Crippen LogP) is 2.70. The predicted molar refractivity (Wildman–Crippen MR) is 95.0 cm³/mol. The Balaban J connectivity index is 3.03. The van der Waals surface area contributed by atoms with E-state index in [1.807, 2.05) is 26.0 Å². The van der Waals surface area contributed by atoms with Gasteiger partial charge in [0.1, 0.15) is 6.04 Å². The number of amides is 1. The van der Waals surface area contributed by atoms with E-state index in [2.05, 4.69) is 19.2 Å². The first-order valence-corrected chi connectivity index (χ1v) is 9.85. The van der Waals surface area contributed by atoms with Gasteiger partial charge in [0.05, 0.1) is 11.9 Å². The number of benzene rings is 1. The number of anilines is 1. The Labute approximate surface area is 140 Å². The maximum Gasteiger partial charge on any atom is 0.243 e. The van der Waals surface area contributed by atoms with Crippen LogP contribution in [0.4, 0.5) is 5.69 Å². The number of sulfonamides is 1. The van der Waals surface area contributed by atoms with E-state index in [1.165, 1.54) is 4.31 Å². The quantitative estimate of drug-likeness (QED) is 0.791. The van der Waals surface area contributed by atoms with Crippen molar-refractivity contribution in [2.45, 2.75) is 46.6 Å². The number of carbonyl (C=O) groups is 1. The minimum absolute atomic E-state index is 0.251. The summed E-state index contributed by atoms with van der Waals surface area (Å²) in [5.74, 6) is 0.234. The van der Waals surface area contributed by atoms with Crippen molar-refractivity contribution in [2.24, 2.45) is 5.92 Å². The smallest absolute Gasteiger partial charge is 0.243 e. The van der Waals surface area contributed by atoms with E-state index in [-0.39, 0.29) is 5.91 Å². The summed E-state index contributed by atoms with van der Waals surface area (Å²) in [5.41, 5.74) is 1.56. The van der Waals surface area contributed by atoms with Gasteiger partial charge in [0, 0.05) is 6.54 Å². The number of aryl methyl sites for hydroxylation is 1. The standard InChI is InChI=1S/C17H28N2O3S/c1-6-16(17(20)18-12-11-13(2)3)19(23(5,21)22)15-9-7-14(4)8-10-15/h7-10,13,16H,6,11-12H2,1-5H3,(H,18,20). The van der Waals surface area contributed by atoms with Crippen LogP contribution in [0.2, 0.25) is 0 Å². The fourth-order valence-electron chi connectivity index (χ4n) is 2.35. The summed E-state index contributed by atoms with van der Waals surface area (Å²) < 4.78 is 25.7. The van der Waals surface area contributed by atoms with Crippen molar-refractivity contribution in [1.29, 1.82) is 0 Å². The normalized spacial score (nSPS) is 13.0. The molecule has 1 aromatic carbocycles. The third-order valence-corrected chi connectivity index (χ3v) is 4.82. The molecule has 0 saturated carbocycles. The molecule has 1 aromatic rings. The summed E-state index contributed by atoms with van der Waals surface area (Å²) in [6.07, 6.45) is 2.41. The van der Waals surface area contributed by atoms with Crippen molar-refractivity contribution < 1.29 is 13.2 Å². The van der Waals surface area contributed by atoms with Crippen LogP contribution in [-0.2, 0) is 14.8 Å². The molecule has 1 unspecified atom stereocenters. The van der Waals surface area contributed by atoms with Gasteiger partial charge in [0.25, 0.3) is 0 Å². The second-order valence-corrected chi connectivity index (χ2v) is 8.15. The van der Waals surface area contributed by atoms with Crippen molar-refractivity contribution in [3.8, 4) is 0 Å². The van der Waals surface area contributed by atoms with Gasteiger partial charge in [-0.3, -0.25) is 9.10 Å². The summed E-state index contributed by atoms with van der Waals surface area (Å²) in [4.78, 5) is 12.5. The fourth-order valence-corrected chi connectivity index (χ4v) is 3.57. The van der Waals surface area contributed by atoms with Crippen LogP contribution in [0.1, 0.15) is 39.2 Å². The van der Waals surface area contributed by atoms with Gasteiger partial charge in [0.15, 0.2) is 0 Å². The van der Waals surface area contributed by atoms with E-state index in [0.29, 0.717) is 24.6 Å². The lowest BCUT2D eigenvalue weighted by molar-refractivity contribution is -0.122. The molecule has 0 heterocycles. The number of rotatable bonds is 8. The molecule has 1 amide bonds. The molecule has 0 aromatic heterocycles. The maximum atomic E-state index is 12.5. The first-order valence-electron chi connectivity index (χ1n) is 8.00. The molecule has 1 rings (SSSR count). The summed E-state index contributed by atoms with van der Waals surface area (Å²) >= 11 is 0. The van der Waals surface area contributed by atoms with Crippen LogP contribution in [0.3, 0.4) is 0 Å². The summed E-state index contributed by atoms with van der Waals surface area (Å²) in [5, 5.41) is 2.85. The monoisotopic (exact) mass is 340 g/mol. The van der Waals surface area contributed by atoms with E-state index in [0.717, 1.165) is 18.2 Å². The summed E-state index contributed by atoms with van der Waals surface area (Å²) in [7, 11) is -3.56. The lowest BCUT2D eigenvalue weighted by Crippen LogP contribution is -2.49. The zero-order chi connectivity index (χ0) is 17.6. The number of hydrogen-bond acceptors (Lipinski definition) is 3. The third-order valence-electron chi connectivity index (χ3n) is 3.64. The Bertz CT molecular complexity index is 609. The van der Waals surface area contributed by atoms with E-state index >= 15 is 0 Å². The largest absolute Gasteiger partial charge is 0.354 e. The number of hydrogen-bond donors (Lipinski definition) is 1. The van der Waals surface area contributed by atoms with Gasteiger partial charge in [-0.05, 0) is 37.8 Å². The number of nitrogens with one attached hydrogen (secondary N) is 1. The maximum absolute atomic E-state index is 12.5. The third kappa shape index (κ3) is 5.86. The highest BCUT2D eigenvalue weighted by atomic mass is 32.2. The van der Waals surface area contributed by atoms with Crippen molar-refractivity contribution in [3.05, 3.63) is 29.8 Å². The average molecular weight is 340 g/mol. The lowest BCUT2D eigenvalue weighted by atomic mass is 10.1. The molecule has 0 aliphatic carbocycles. The molecular formula is C17H28N2O3S. The van der Waals surface area contributed by atoms with E-state index in [1.54, 1.807) is 12.1 Å². The first-order chi connectivity index (χ1) is 10.7. The van der Waals surface area contributed by atoms with Gasteiger partial charge in [-0.2, -0.15) is 0 Å². The fraction of sp³-hybridized carbons (Fsp3) is 0.588. The molecule has 23 heavy (non-hydrogen) atoms. The Morgan fingerprint density at radius 2 is 1.78 bits per heavy atom.